The van der Waals surface area contributed by atoms with E-state index in [1.54, 1.807) is 19.1 Å². The van der Waals surface area contributed by atoms with Crippen LogP contribution in [0.5, 0.6) is 0 Å². The topological polar surface area (TPSA) is 50.4 Å². The maximum Gasteiger partial charge on any atom is 0.338 e. The Labute approximate surface area is 125 Å². The second kappa shape index (κ2) is 6.70. The quantitative estimate of drug-likeness (QED) is 0.662. The van der Waals surface area contributed by atoms with Crippen LogP contribution in [-0.4, -0.2) is 23.2 Å². The Morgan fingerprint density at radius 1 is 1.35 bits per heavy atom. The molecule has 0 aromatic heterocycles. The van der Waals surface area contributed by atoms with Crippen LogP contribution in [0.3, 0.4) is 0 Å². The summed E-state index contributed by atoms with van der Waals surface area (Å²) in [5, 5.41) is 6.82. The number of benzene rings is 1. The molecule has 0 saturated carbocycles. The van der Waals surface area contributed by atoms with Gasteiger partial charge in [0.15, 0.2) is 5.11 Å². The van der Waals surface area contributed by atoms with E-state index in [1.807, 2.05) is 33.8 Å². The van der Waals surface area contributed by atoms with E-state index in [4.69, 9.17) is 17.0 Å². The maximum atomic E-state index is 11.7. The average molecular weight is 294 g/mol. The first-order chi connectivity index (χ1) is 9.23. The zero-order valence-corrected chi connectivity index (χ0v) is 13.5. The molecule has 20 heavy (non-hydrogen) atoms. The van der Waals surface area contributed by atoms with Crippen molar-refractivity contribution in [1.82, 2.24) is 5.32 Å². The van der Waals surface area contributed by atoms with E-state index in [1.165, 1.54) is 0 Å². The standard InChI is InChI=1S/C15H22N2O2S/c1-6-19-13(18)11-8-7-10(2)12(9-11)16-14(20)17-15(3,4)5/h7-9H,6H2,1-5H3,(H2,16,17,20). The van der Waals surface area contributed by atoms with Gasteiger partial charge in [0.25, 0.3) is 0 Å². The first-order valence-corrected chi connectivity index (χ1v) is 7.00. The molecule has 0 fully saturated rings. The zero-order chi connectivity index (χ0) is 15.3. The lowest BCUT2D eigenvalue weighted by molar-refractivity contribution is 0.0526. The van der Waals surface area contributed by atoms with E-state index >= 15 is 0 Å². The van der Waals surface area contributed by atoms with E-state index in [9.17, 15) is 4.79 Å². The molecule has 0 aliphatic heterocycles. The van der Waals surface area contributed by atoms with Crippen molar-refractivity contribution < 1.29 is 9.53 Å². The highest BCUT2D eigenvalue weighted by molar-refractivity contribution is 7.80. The molecule has 0 heterocycles. The highest BCUT2D eigenvalue weighted by Gasteiger charge is 2.13. The molecule has 5 heteroatoms. The summed E-state index contributed by atoms with van der Waals surface area (Å²) in [5.41, 5.74) is 2.21. The second-order valence-electron chi connectivity index (χ2n) is 5.58. The monoisotopic (exact) mass is 294 g/mol. The van der Waals surface area contributed by atoms with Gasteiger partial charge in [-0.2, -0.15) is 0 Å². The molecular formula is C15H22N2O2S. The molecule has 1 aromatic carbocycles. The summed E-state index contributed by atoms with van der Waals surface area (Å²) < 4.78 is 4.99. The highest BCUT2D eigenvalue weighted by atomic mass is 32.1. The van der Waals surface area contributed by atoms with Crippen molar-refractivity contribution in [2.75, 3.05) is 11.9 Å². The highest BCUT2D eigenvalue weighted by Crippen LogP contribution is 2.18. The number of anilines is 1. The van der Waals surface area contributed by atoms with Gasteiger partial charge in [-0.15, -0.1) is 0 Å². The maximum absolute atomic E-state index is 11.7. The third-order valence-electron chi connectivity index (χ3n) is 2.49. The van der Waals surface area contributed by atoms with Gasteiger partial charge in [-0.25, -0.2) is 4.79 Å². The third kappa shape index (κ3) is 5.17. The number of nitrogens with one attached hydrogen (secondary N) is 2. The van der Waals surface area contributed by atoms with Gasteiger partial charge in [-0.3, -0.25) is 0 Å². The summed E-state index contributed by atoms with van der Waals surface area (Å²) in [5.74, 6) is -0.328. The van der Waals surface area contributed by atoms with Gasteiger partial charge in [0.1, 0.15) is 0 Å². The van der Waals surface area contributed by atoms with Crippen LogP contribution in [-0.2, 0) is 4.74 Å². The first-order valence-electron chi connectivity index (χ1n) is 6.60. The van der Waals surface area contributed by atoms with Crippen LogP contribution in [0.25, 0.3) is 0 Å². The Kier molecular flexibility index (Phi) is 5.51. The molecule has 0 aliphatic carbocycles. The number of ether oxygens (including phenoxy) is 1. The van der Waals surface area contributed by atoms with Crippen LogP contribution in [0.4, 0.5) is 5.69 Å². The normalized spacial score (nSPS) is 10.8. The predicted octanol–water partition coefficient (Wildman–Crippen LogP) is 3.26. The lowest BCUT2D eigenvalue weighted by atomic mass is 10.1. The molecule has 0 spiro atoms. The molecule has 0 unspecified atom stereocenters. The fourth-order valence-electron chi connectivity index (χ4n) is 1.59. The van der Waals surface area contributed by atoms with E-state index in [2.05, 4.69) is 10.6 Å². The van der Waals surface area contributed by atoms with Crippen molar-refractivity contribution >= 4 is 29.0 Å². The molecule has 0 bridgehead atoms. The summed E-state index contributed by atoms with van der Waals surface area (Å²) in [6.45, 7) is 10.2. The molecule has 1 aromatic rings. The summed E-state index contributed by atoms with van der Waals surface area (Å²) in [4.78, 5) is 11.7. The van der Waals surface area contributed by atoms with Gasteiger partial charge in [-0.05, 0) is 64.5 Å². The molecule has 1 rings (SSSR count). The number of thiocarbonyl (C=S) groups is 1. The largest absolute Gasteiger partial charge is 0.462 e. The van der Waals surface area contributed by atoms with Crippen LogP contribution in [0, 0.1) is 6.92 Å². The van der Waals surface area contributed by atoms with Gasteiger partial charge in [0, 0.05) is 11.2 Å². The minimum atomic E-state index is -0.328. The van der Waals surface area contributed by atoms with Crippen molar-refractivity contribution in [1.29, 1.82) is 0 Å². The van der Waals surface area contributed by atoms with Crippen LogP contribution >= 0.6 is 12.2 Å². The fourth-order valence-corrected chi connectivity index (χ4v) is 2.01. The first kappa shape index (κ1) is 16.4. The number of esters is 1. The Hall–Kier alpha value is -1.62. The van der Waals surface area contributed by atoms with Crippen molar-refractivity contribution in [2.45, 2.75) is 40.2 Å². The molecule has 110 valence electrons. The van der Waals surface area contributed by atoms with E-state index in [-0.39, 0.29) is 11.5 Å². The van der Waals surface area contributed by atoms with Crippen LogP contribution in [0.2, 0.25) is 0 Å². The SMILES string of the molecule is CCOC(=O)c1ccc(C)c(NC(=S)NC(C)(C)C)c1. The number of hydrogen-bond acceptors (Lipinski definition) is 3. The third-order valence-corrected chi connectivity index (χ3v) is 2.69. The number of aryl methyl sites for hydroxylation is 1. The smallest absolute Gasteiger partial charge is 0.338 e. The molecule has 0 radical (unpaired) electrons. The van der Waals surface area contributed by atoms with Gasteiger partial charge < -0.3 is 15.4 Å². The number of carbonyl (C=O) groups excluding carboxylic acids is 1. The van der Waals surface area contributed by atoms with Gasteiger partial charge in [0.05, 0.1) is 12.2 Å². The Bertz CT molecular complexity index is 507. The van der Waals surface area contributed by atoms with E-state index < -0.39 is 0 Å². The van der Waals surface area contributed by atoms with Crippen LogP contribution in [0.1, 0.15) is 43.6 Å². The van der Waals surface area contributed by atoms with E-state index in [0.717, 1.165) is 11.3 Å². The summed E-state index contributed by atoms with van der Waals surface area (Å²) in [6.07, 6.45) is 0. The molecule has 2 N–H and O–H groups in total. The second-order valence-corrected chi connectivity index (χ2v) is 5.99. The number of rotatable bonds is 3. The number of hydrogen-bond donors (Lipinski definition) is 2. The lowest BCUT2D eigenvalue weighted by Gasteiger charge is -2.23. The average Bonchev–Trinajstić information content (AvgIpc) is 2.29. The lowest BCUT2D eigenvalue weighted by Crippen LogP contribution is -2.43. The molecule has 4 nitrogen and oxygen atoms in total. The summed E-state index contributed by atoms with van der Waals surface area (Å²) in [7, 11) is 0. The van der Waals surface area contributed by atoms with Gasteiger partial charge >= 0.3 is 5.97 Å². The Balaban J connectivity index is 2.87. The minimum absolute atomic E-state index is 0.114. The molecule has 0 atom stereocenters. The summed E-state index contributed by atoms with van der Waals surface area (Å²) >= 11 is 5.27. The van der Waals surface area contributed by atoms with Gasteiger partial charge in [-0.1, -0.05) is 6.07 Å². The fraction of sp³-hybridized carbons (Fsp3) is 0.467. The van der Waals surface area contributed by atoms with Crippen LogP contribution < -0.4 is 10.6 Å². The molecule has 0 amide bonds. The molecule has 0 saturated heterocycles. The van der Waals surface area contributed by atoms with Crippen LogP contribution in [0.15, 0.2) is 18.2 Å². The van der Waals surface area contributed by atoms with Crippen molar-refractivity contribution in [3.05, 3.63) is 29.3 Å². The Morgan fingerprint density at radius 3 is 2.55 bits per heavy atom. The van der Waals surface area contributed by atoms with Crippen molar-refractivity contribution in [3.8, 4) is 0 Å². The zero-order valence-electron chi connectivity index (χ0n) is 12.7. The van der Waals surface area contributed by atoms with Crippen molar-refractivity contribution in [3.63, 3.8) is 0 Å². The number of carbonyl (C=O) groups is 1. The van der Waals surface area contributed by atoms with Crippen molar-refractivity contribution in [2.24, 2.45) is 0 Å². The molecular weight excluding hydrogens is 272 g/mol. The minimum Gasteiger partial charge on any atom is -0.462 e. The Morgan fingerprint density at radius 2 is 2.00 bits per heavy atom. The van der Waals surface area contributed by atoms with E-state index in [0.29, 0.717) is 17.3 Å². The predicted molar refractivity (Wildman–Crippen MR) is 86.2 cm³/mol. The molecule has 0 aliphatic rings. The van der Waals surface area contributed by atoms with Gasteiger partial charge in [0.2, 0.25) is 0 Å². The summed E-state index contributed by atoms with van der Waals surface area (Å²) in [6, 6.07) is 5.37.